The first-order valence-corrected chi connectivity index (χ1v) is 11.0. The summed E-state index contributed by atoms with van der Waals surface area (Å²) >= 11 is 0. The number of hydrogen-bond acceptors (Lipinski definition) is 6. The summed E-state index contributed by atoms with van der Waals surface area (Å²) < 4.78 is 11.7. The zero-order valence-electron chi connectivity index (χ0n) is 18.6. The summed E-state index contributed by atoms with van der Waals surface area (Å²) in [5, 5.41) is 16.2. The first-order chi connectivity index (χ1) is 15.0. The van der Waals surface area contributed by atoms with Crippen molar-refractivity contribution in [3.63, 3.8) is 0 Å². The number of benzene rings is 1. The molecule has 1 saturated carbocycles. The smallest absolute Gasteiger partial charge is 0.305 e. The number of aryl methyl sites for hydroxylation is 1. The summed E-state index contributed by atoms with van der Waals surface area (Å²) in [6.45, 7) is 2.10. The van der Waals surface area contributed by atoms with Crippen LogP contribution in [-0.2, 0) is 30.9 Å². The number of carbonyl (C=O) groups excluding carboxylic acids is 2. The zero-order chi connectivity index (χ0) is 22.4. The van der Waals surface area contributed by atoms with Gasteiger partial charge in [0.1, 0.15) is 0 Å². The van der Waals surface area contributed by atoms with Crippen LogP contribution in [0.15, 0.2) is 18.2 Å². The molecular formula is C24H31N3O4. The fraction of sp³-hybridized carbons (Fsp3) is 0.583. The van der Waals surface area contributed by atoms with E-state index in [9.17, 15) is 14.9 Å². The van der Waals surface area contributed by atoms with Crippen molar-refractivity contribution in [3.05, 3.63) is 29.5 Å². The van der Waals surface area contributed by atoms with Crippen LogP contribution in [0.25, 0.3) is 10.9 Å². The van der Waals surface area contributed by atoms with Gasteiger partial charge in [0.05, 0.1) is 43.0 Å². The van der Waals surface area contributed by atoms with Gasteiger partial charge < -0.3 is 9.47 Å². The molecule has 0 aliphatic heterocycles. The average Bonchev–Trinajstić information content (AvgIpc) is 3.46. The maximum Gasteiger partial charge on any atom is 0.305 e. The van der Waals surface area contributed by atoms with E-state index in [1.165, 1.54) is 27.1 Å². The Morgan fingerprint density at radius 3 is 2.29 bits per heavy atom. The van der Waals surface area contributed by atoms with E-state index in [0.717, 1.165) is 41.4 Å². The number of methoxy groups -OCH3 is 2. The molecule has 2 aromatic rings. The van der Waals surface area contributed by atoms with E-state index >= 15 is 0 Å². The molecule has 1 fully saturated rings. The van der Waals surface area contributed by atoms with Gasteiger partial charge in [-0.2, -0.15) is 10.4 Å². The van der Waals surface area contributed by atoms with E-state index in [4.69, 9.17) is 14.6 Å². The molecule has 7 heteroatoms. The molecule has 1 heterocycles. The minimum Gasteiger partial charge on any atom is -0.469 e. The van der Waals surface area contributed by atoms with Crippen LogP contribution in [0.5, 0.6) is 0 Å². The van der Waals surface area contributed by atoms with Gasteiger partial charge in [0.15, 0.2) is 0 Å². The van der Waals surface area contributed by atoms with Crippen molar-refractivity contribution in [2.24, 2.45) is 0 Å². The van der Waals surface area contributed by atoms with Crippen LogP contribution >= 0.6 is 0 Å². The Labute approximate surface area is 183 Å². The normalized spacial score (nSPS) is 14.5. The van der Waals surface area contributed by atoms with E-state index in [1.807, 2.05) is 18.2 Å². The third-order valence-electron chi connectivity index (χ3n) is 6.52. The molecule has 166 valence electrons. The Morgan fingerprint density at radius 1 is 1.16 bits per heavy atom. The largest absolute Gasteiger partial charge is 0.469 e. The van der Waals surface area contributed by atoms with Gasteiger partial charge in [0.2, 0.25) is 0 Å². The van der Waals surface area contributed by atoms with Crippen molar-refractivity contribution in [1.82, 2.24) is 9.78 Å². The first kappa shape index (κ1) is 22.8. The Kier molecular flexibility index (Phi) is 7.32. The number of nitrogens with zero attached hydrogens (tertiary/aromatic N) is 3. The Bertz CT molecular complexity index is 963. The van der Waals surface area contributed by atoms with Crippen molar-refractivity contribution in [2.45, 2.75) is 76.2 Å². The molecule has 0 unspecified atom stereocenters. The van der Waals surface area contributed by atoms with Crippen LogP contribution in [0.4, 0.5) is 0 Å². The van der Waals surface area contributed by atoms with Crippen molar-refractivity contribution >= 4 is 22.8 Å². The Hall–Kier alpha value is -2.88. The highest BCUT2D eigenvalue weighted by Crippen LogP contribution is 2.38. The van der Waals surface area contributed by atoms with Gasteiger partial charge in [-0.3, -0.25) is 14.3 Å². The van der Waals surface area contributed by atoms with E-state index in [0.29, 0.717) is 6.04 Å². The second-order valence-electron chi connectivity index (χ2n) is 8.26. The number of esters is 2. The van der Waals surface area contributed by atoms with E-state index in [-0.39, 0.29) is 37.6 Å². The van der Waals surface area contributed by atoms with Gasteiger partial charge in [-0.05, 0) is 43.7 Å². The number of ether oxygens (including phenoxy) is 2. The molecular weight excluding hydrogens is 394 g/mol. The van der Waals surface area contributed by atoms with Crippen molar-refractivity contribution in [2.75, 3.05) is 14.2 Å². The fourth-order valence-electron chi connectivity index (χ4n) is 4.61. The van der Waals surface area contributed by atoms with E-state index in [1.54, 1.807) is 0 Å². The molecule has 0 N–H and O–H groups in total. The highest BCUT2D eigenvalue weighted by molar-refractivity contribution is 5.83. The van der Waals surface area contributed by atoms with Crippen molar-refractivity contribution < 1.29 is 19.1 Å². The zero-order valence-corrected chi connectivity index (χ0v) is 18.6. The third-order valence-corrected chi connectivity index (χ3v) is 6.52. The molecule has 0 bridgehead atoms. The number of fused-ring (bicyclic) bond motifs is 1. The highest BCUT2D eigenvalue weighted by Gasteiger charge is 2.35. The van der Waals surface area contributed by atoms with Gasteiger partial charge in [0.25, 0.3) is 0 Å². The lowest BCUT2D eigenvalue weighted by molar-refractivity contribution is -0.141. The fourth-order valence-corrected chi connectivity index (χ4v) is 4.61. The second kappa shape index (κ2) is 9.95. The molecule has 7 nitrogen and oxygen atoms in total. The van der Waals surface area contributed by atoms with Gasteiger partial charge in [-0.15, -0.1) is 0 Å². The van der Waals surface area contributed by atoms with Crippen LogP contribution in [0, 0.1) is 11.3 Å². The van der Waals surface area contributed by atoms with Gasteiger partial charge in [0, 0.05) is 18.2 Å². The van der Waals surface area contributed by atoms with Crippen LogP contribution in [0.3, 0.4) is 0 Å². The van der Waals surface area contributed by atoms with Gasteiger partial charge >= 0.3 is 11.9 Å². The van der Waals surface area contributed by atoms with Crippen LogP contribution < -0.4 is 0 Å². The summed E-state index contributed by atoms with van der Waals surface area (Å²) in [6, 6.07) is 8.81. The topological polar surface area (TPSA) is 94.2 Å². The average molecular weight is 426 g/mol. The predicted molar refractivity (Wildman–Crippen MR) is 116 cm³/mol. The summed E-state index contributed by atoms with van der Waals surface area (Å²) in [5.41, 5.74) is 1.89. The molecule has 1 aromatic carbocycles. The quantitative estimate of drug-likeness (QED) is 0.553. The molecule has 1 aliphatic rings. The summed E-state index contributed by atoms with van der Waals surface area (Å²) in [4.78, 5) is 23.7. The third kappa shape index (κ3) is 4.73. The van der Waals surface area contributed by atoms with Crippen LogP contribution in [0.2, 0.25) is 0 Å². The van der Waals surface area contributed by atoms with E-state index in [2.05, 4.69) is 17.7 Å². The molecule has 1 aliphatic carbocycles. The number of hydrogen-bond donors (Lipinski definition) is 0. The molecule has 1 aromatic heterocycles. The molecule has 3 rings (SSSR count). The number of nitriles is 1. The van der Waals surface area contributed by atoms with Crippen molar-refractivity contribution in [1.29, 1.82) is 5.26 Å². The summed E-state index contributed by atoms with van der Waals surface area (Å²) in [7, 11) is 2.67. The minimum absolute atomic E-state index is 0.103. The summed E-state index contributed by atoms with van der Waals surface area (Å²) in [5.74, 6) is -0.744. The first-order valence-electron chi connectivity index (χ1n) is 11.0. The lowest BCUT2D eigenvalue weighted by Crippen LogP contribution is -2.27. The Morgan fingerprint density at radius 2 is 1.77 bits per heavy atom. The minimum atomic E-state index is -0.992. The van der Waals surface area contributed by atoms with Gasteiger partial charge in [-0.25, -0.2) is 0 Å². The predicted octanol–water partition coefficient (Wildman–Crippen LogP) is 4.38. The van der Waals surface area contributed by atoms with Gasteiger partial charge in [-0.1, -0.05) is 31.9 Å². The number of carbonyl (C=O) groups is 2. The maximum absolute atomic E-state index is 11.8. The van der Waals surface area contributed by atoms with Crippen LogP contribution in [0.1, 0.15) is 75.6 Å². The highest BCUT2D eigenvalue weighted by atomic mass is 16.5. The van der Waals surface area contributed by atoms with Crippen molar-refractivity contribution in [3.8, 4) is 6.07 Å². The lowest BCUT2D eigenvalue weighted by Gasteiger charge is -2.27. The molecule has 31 heavy (non-hydrogen) atoms. The maximum atomic E-state index is 11.8. The molecule has 0 radical (unpaired) electrons. The SMILES string of the molecule is CCc1nn(C2CCCC2)c2cc(C(C#N)(CCC(=O)OC)CCC(=O)OC)ccc12. The molecule has 0 saturated heterocycles. The number of rotatable bonds is 9. The molecule has 0 atom stereocenters. The molecule has 0 spiro atoms. The lowest BCUT2D eigenvalue weighted by atomic mass is 9.74. The Balaban J connectivity index is 2.07. The number of aromatic nitrogens is 2. The van der Waals surface area contributed by atoms with E-state index < -0.39 is 5.41 Å². The standard InChI is InChI=1S/C24H31N3O4/c1-4-20-19-10-9-17(15-21(19)27(26-20)18-7-5-6-8-18)24(16-25,13-11-22(28)30-2)14-12-23(29)31-3/h9-10,15,18H,4-8,11-14H2,1-3H3. The van der Waals surface area contributed by atoms with Crippen LogP contribution in [-0.4, -0.2) is 35.9 Å². The second-order valence-corrected chi connectivity index (χ2v) is 8.26. The summed E-state index contributed by atoms with van der Waals surface area (Å²) in [6.07, 6.45) is 6.21. The molecule has 0 amide bonds. The monoisotopic (exact) mass is 425 g/mol.